The number of para-hydroxylation sites is 1. The maximum atomic E-state index is 13.5. The largest absolute Gasteiger partial charge is 0.397 e. The van der Waals surface area contributed by atoms with Crippen LogP contribution in [-0.2, 0) is 4.79 Å². The SMILES string of the molecule is Nc1cccc(F)c1NC(=O)CCC1CCCCC1. The van der Waals surface area contributed by atoms with E-state index in [1.54, 1.807) is 6.07 Å². The van der Waals surface area contributed by atoms with Crippen LogP contribution in [0.5, 0.6) is 0 Å². The molecule has 3 N–H and O–H groups in total. The van der Waals surface area contributed by atoms with Gasteiger partial charge in [-0.05, 0) is 24.5 Å². The average Bonchev–Trinajstić information content (AvgIpc) is 2.42. The fraction of sp³-hybridized carbons (Fsp3) is 0.533. The van der Waals surface area contributed by atoms with Gasteiger partial charge in [0.05, 0.1) is 5.69 Å². The van der Waals surface area contributed by atoms with Crippen molar-refractivity contribution in [3.63, 3.8) is 0 Å². The second-order valence-corrected chi connectivity index (χ2v) is 5.29. The minimum absolute atomic E-state index is 0.108. The molecule has 0 spiro atoms. The molecule has 1 amide bonds. The first kappa shape index (κ1) is 13.8. The molecular weight excluding hydrogens is 243 g/mol. The Hall–Kier alpha value is -1.58. The van der Waals surface area contributed by atoms with E-state index < -0.39 is 5.82 Å². The summed E-state index contributed by atoms with van der Waals surface area (Å²) in [6.07, 6.45) is 7.62. The third-order valence-electron chi connectivity index (χ3n) is 3.81. The van der Waals surface area contributed by atoms with Crippen molar-refractivity contribution in [2.24, 2.45) is 5.92 Å². The number of hydrogen-bond donors (Lipinski definition) is 2. The van der Waals surface area contributed by atoms with Crippen LogP contribution in [0.2, 0.25) is 0 Å². The summed E-state index contributed by atoms with van der Waals surface area (Å²) in [5, 5.41) is 2.58. The summed E-state index contributed by atoms with van der Waals surface area (Å²) >= 11 is 0. The summed E-state index contributed by atoms with van der Waals surface area (Å²) in [4.78, 5) is 11.8. The Morgan fingerprint density at radius 3 is 2.74 bits per heavy atom. The lowest BCUT2D eigenvalue weighted by Crippen LogP contribution is -2.16. The maximum Gasteiger partial charge on any atom is 0.224 e. The Balaban J connectivity index is 1.83. The molecule has 1 fully saturated rings. The molecule has 0 saturated heterocycles. The first-order chi connectivity index (χ1) is 9.16. The van der Waals surface area contributed by atoms with E-state index in [9.17, 15) is 9.18 Å². The number of nitrogens with one attached hydrogen (secondary N) is 1. The van der Waals surface area contributed by atoms with Crippen molar-refractivity contribution in [3.8, 4) is 0 Å². The number of rotatable bonds is 4. The zero-order chi connectivity index (χ0) is 13.7. The molecular formula is C15H21FN2O. The Morgan fingerprint density at radius 1 is 1.32 bits per heavy atom. The Labute approximate surface area is 113 Å². The van der Waals surface area contributed by atoms with Crippen molar-refractivity contribution in [1.82, 2.24) is 0 Å². The molecule has 0 radical (unpaired) electrons. The van der Waals surface area contributed by atoms with Gasteiger partial charge in [0.15, 0.2) is 0 Å². The lowest BCUT2D eigenvalue weighted by Gasteiger charge is -2.21. The van der Waals surface area contributed by atoms with E-state index in [-0.39, 0.29) is 17.3 Å². The smallest absolute Gasteiger partial charge is 0.224 e. The predicted octanol–water partition coefficient (Wildman–Crippen LogP) is 3.71. The zero-order valence-electron chi connectivity index (χ0n) is 11.1. The van der Waals surface area contributed by atoms with Gasteiger partial charge in [0.1, 0.15) is 11.5 Å². The van der Waals surface area contributed by atoms with Crippen LogP contribution in [0.3, 0.4) is 0 Å². The lowest BCUT2D eigenvalue weighted by molar-refractivity contribution is -0.116. The van der Waals surface area contributed by atoms with Crippen LogP contribution in [-0.4, -0.2) is 5.91 Å². The quantitative estimate of drug-likeness (QED) is 0.814. The number of amides is 1. The van der Waals surface area contributed by atoms with Crippen LogP contribution in [0.25, 0.3) is 0 Å². The summed E-state index contributed by atoms with van der Waals surface area (Å²) in [5.74, 6) is 0.0193. The van der Waals surface area contributed by atoms with Gasteiger partial charge in [0.2, 0.25) is 5.91 Å². The number of carbonyl (C=O) groups is 1. The van der Waals surface area contributed by atoms with Gasteiger partial charge >= 0.3 is 0 Å². The molecule has 3 nitrogen and oxygen atoms in total. The summed E-state index contributed by atoms with van der Waals surface area (Å²) in [6, 6.07) is 4.41. The minimum Gasteiger partial charge on any atom is -0.397 e. The summed E-state index contributed by atoms with van der Waals surface area (Å²) in [5.41, 5.74) is 6.03. The van der Waals surface area contributed by atoms with Gasteiger partial charge in [0.25, 0.3) is 0 Å². The number of carbonyl (C=O) groups excluding carboxylic acids is 1. The fourth-order valence-electron chi connectivity index (χ4n) is 2.69. The van der Waals surface area contributed by atoms with Crippen molar-refractivity contribution in [2.45, 2.75) is 44.9 Å². The molecule has 4 heteroatoms. The monoisotopic (exact) mass is 264 g/mol. The van der Waals surface area contributed by atoms with Crippen LogP contribution in [0.1, 0.15) is 44.9 Å². The first-order valence-corrected chi connectivity index (χ1v) is 7.00. The van der Waals surface area contributed by atoms with Gasteiger partial charge in [-0.25, -0.2) is 4.39 Å². The topological polar surface area (TPSA) is 55.1 Å². The number of anilines is 2. The van der Waals surface area contributed by atoms with Crippen LogP contribution in [0.15, 0.2) is 18.2 Å². The number of nitrogens with two attached hydrogens (primary N) is 1. The third kappa shape index (κ3) is 3.94. The van der Waals surface area contributed by atoms with Crippen molar-refractivity contribution in [2.75, 3.05) is 11.1 Å². The molecule has 0 bridgehead atoms. The lowest BCUT2D eigenvalue weighted by atomic mass is 9.86. The Kier molecular flexibility index (Phi) is 4.77. The predicted molar refractivity (Wildman–Crippen MR) is 75.3 cm³/mol. The van der Waals surface area contributed by atoms with Gasteiger partial charge in [-0.1, -0.05) is 38.2 Å². The number of benzene rings is 1. The molecule has 0 heterocycles. The van der Waals surface area contributed by atoms with Crippen LogP contribution >= 0.6 is 0 Å². The molecule has 1 aliphatic rings. The minimum atomic E-state index is -0.481. The zero-order valence-corrected chi connectivity index (χ0v) is 11.1. The molecule has 104 valence electrons. The number of nitrogen functional groups attached to an aromatic ring is 1. The fourth-order valence-corrected chi connectivity index (χ4v) is 2.69. The molecule has 1 aromatic rings. The Bertz CT molecular complexity index is 422. The second-order valence-electron chi connectivity index (χ2n) is 5.29. The standard InChI is InChI=1S/C15H21FN2O/c16-12-7-4-8-13(17)15(12)18-14(19)10-9-11-5-2-1-3-6-11/h4,7-8,11H,1-3,5-6,9-10,17H2,(H,18,19). The molecule has 0 atom stereocenters. The average molecular weight is 264 g/mol. The summed E-state index contributed by atoms with van der Waals surface area (Å²) in [6.45, 7) is 0. The molecule has 1 saturated carbocycles. The van der Waals surface area contributed by atoms with Gasteiger partial charge in [-0.3, -0.25) is 4.79 Å². The van der Waals surface area contributed by atoms with E-state index in [4.69, 9.17) is 5.73 Å². The first-order valence-electron chi connectivity index (χ1n) is 7.00. The highest BCUT2D eigenvalue weighted by Crippen LogP contribution is 2.28. The van der Waals surface area contributed by atoms with Gasteiger partial charge in [0, 0.05) is 6.42 Å². The van der Waals surface area contributed by atoms with Crippen LogP contribution < -0.4 is 11.1 Å². The van der Waals surface area contributed by atoms with E-state index in [1.807, 2.05) is 0 Å². The molecule has 0 aromatic heterocycles. The maximum absolute atomic E-state index is 13.5. The number of hydrogen-bond acceptors (Lipinski definition) is 2. The molecule has 0 unspecified atom stereocenters. The van der Waals surface area contributed by atoms with Gasteiger partial charge in [-0.2, -0.15) is 0 Å². The van der Waals surface area contributed by atoms with E-state index >= 15 is 0 Å². The van der Waals surface area contributed by atoms with E-state index in [0.717, 1.165) is 6.42 Å². The molecule has 1 aromatic carbocycles. The van der Waals surface area contributed by atoms with Gasteiger partial charge < -0.3 is 11.1 Å². The van der Waals surface area contributed by atoms with Crippen LogP contribution in [0.4, 0.5) is 15.8 Å². The Morgan fingerprint density at radius 2 is 2.05 bits per heavy atom. The van der Waals surface area contributed by atoms with E-state index in [2.05, 4.69) is 5.32 Å². The molecule has 1 aliphatic carbocycles. The molecule has 19 heavy (non-hydrogen) atoms. The van der Waals surface area contributed by atoms with Crippen molar-refractivity contribution >= 4 is 17.3 Å². The highest BCUT2D eigenvalue weighted by molar-refractivity contribution is 5.93. The number of halogens is 1. The van der Waals surface area contributed by atoms with E-state index in [0.29, 0.717) is 12.3 Å². The van der Waals surface area contributed by atoms with Crippen molar-refractivity contribution < 1.29 is 9.18 Å². The second kappa shape index (κ2) is 6.55. The highest BCUT2D eigenvalue weighted by Gasteiger charge is 2.16. The van der Waals surface area contributed by atoms with Crippen molar-refractivity contribution in [3.05, 3.63) is 24.0 Å². The molecule has 0 aliphatic heterocycles. The highest BCUT2D eigenvalue weighted by atomic mass is 19.1. The summed E-state index contributed by atoms with van der Waals surface area (Å²) in [7, 11) is 0. The molecule has 2 rings (SSSR count). The third-order valence-corrected chi connectivity index (χ3v) is 3.81. The van der Waals surface area contributed by atoms with E-state index in [1.165, 1.54) is 44.2 Å². The normalized spacial score (nSPS) is 16.3. The van der Waals surface area contributed by atoms with Crippen molar-refractivity contribution in [1.29, 1.82) is 0 Å². The van der Waals surface area contributed by atoms with Crippen LogP contribution in [0, 0.1) is 11.7 Å². The van der Waals surface area contributed by atoms with Gasteiger partial charge in [-0.15, -0.1) is 0 Å². The summed E-state index contributed by atoms with van der Waals surface area (Å²) < 4.78 is 13.5.